The van der Waals surface area contributed by atoms with E-state index >= 15 is 4.39 Å². The number of halogens is 1. The maximum atomic E-state index is 15.5. The van der Waals surface area contributed by atoms with Crippen LogP contribution >= 0.6 is 0 Å². The molecule has 0 aliphatic carbocycles. The lowest BCUT2D eigenvalue weighted by molar-refractivity contribution is -0.123. The molecule has 2 N–H and O–H groups in total. The number of amides is 1. The molecule has 1 amide bonds. The predicted molar refractivity (Wildman–Crippen MR) is 169 cm³/mol. The Kier molecular flexibility index (Phi) is 6.64. The number of anilines is 1. The molecule has 0 unspecified atom stereocenters. The van der Waals surface area contributed by atoms with Crippen LogP contribution in [0.4, 0.5) is 10.2 Å². The summed E-state index contributed by atoms with van der Waals surface area (Å²) in [4.78, 5) is 30.3. The van der Waals surface area contributed by atoms with Gasteiger partial charge < -0.3 is 24.8 Å². The average Bonchev–Trinajstić information content (AvgIpc) is 3.62. The molecule has 9 nitrogen and oxygen atoms in total. The number of aromatic nitrogens is 3. The summed E-state index contributed by atoms with van der Waals surface area (Å²) in [5.74, 6) is 0.391. The zero-order chi connectivity index (χ0) is 30.9. The van der Waals surface area contributed by atoms with Crippen LogP contribution in [0.1, 0.15) is 69.4 Å². The van der Waals surface area contributed by atoms with Crippen LogP contribution in [0.5, 0.6) is 11.8 Å². The molecule has 3 fully saturated rings. The van der Waals surface area contributed by atoms with Crippen molar-refractivity contribution in [3.05, 3.63) is 47.4 Å². The molecule has 2 aromatic heterocycles. The number of nitrogens with one attached hydrogen (secondary N) is 1. The van der Waals surface area contributed by atoms with Crippen molar-refractivity contribution in [2.75, 3.05) is 24.6 Å². The number of carbonyl (C=O) groups excluding carboxylic acids is 1. The minimum Gasteiger partial charge on any atom is -0.508 e. The molecule has 0 saturated carbocycles. The lowest BCUT2D eigenvalue weighted by atomic mass is 9.89. The molecule has 2 aromatic carbocycles. The average molecular weight is 612 g/mol. The van der Waals surface area contributed by atoms with Crippen LogP contribution in [0, 0.1) is 12.7 Å². The van der Waals surface area contributed by atoms with E-state index in [1.165, 1.54) is 6.07 Å². The maximum absolute atomic E-state index is 15.5. The summed E-state index contributed by atoms with van der Waals surface area (Å²) >= 11 is 0. The number of carbonyl (C=O) groups is 1. The molecule has 5 aliphatic rings. The van der Waals surface area contributed by atoms with Crippen molar-refractivity contribution >= 4 is 33.4 Å². The summed E-state index contributed by atoms with van der Waals surface area (Å²) in [5, 5.41) is 16.2. The number of nitrogens with zero attached hydrogens (tertiary/aromatic N) is 4. The van der Waals surface area contributed by atoms with E-state index < -0.39 is 5.54 Å². The highest BCUT2D eigenvalue weighted by atomic mass is 19.1. The minimum atomic E-state index is -0.460. The van der Waals surface area contributed by atoms with E-state index in [0.29, 0.717) is 71.0 Å². The lowest BCUT2D eigenvalue weighted by Crippen LogP contribution is -2.57. The third kappa shape index (κ3) is 4.94. The van der Waals surface area contributed by atoms with Gasteiger partial charge >= 0.3 is 6.01 Å². The fraction of sp³-hybridized carbons (Fsp3) is 0.486. The number of piperidine rings is 1. The molecule has 7 heterocycles. The number of ether oxygens (including phenoxy) is 2. The van der Waals surface area contributed by atoms with E-state index in [1.54, 1.807) is 24.4 Å². The number of aryl methyl sites for hydroxylation is 2. The highest BCUT2D eigenvalue weighted by Crippen LogP contribution is 2.44. The Hall–Kier alpha value is -4.05. The molecule has 8 bridgehead atoms. The first-order chi connectivity index (χ1) is 21.7. The molecule has 0 spiro atoms. The van der Waals surface area contributed by atoms with Crippen LogP contribution in [-0.4, -0.2) is 62.9 Å². The quantitative estimate of drug-likeness (QED) is 0.295. The summed E-state index contributed by atoms with van der Waals surface area (Å²) in [5.41, 5.74) is 2.47. The lowest BCUT2D eigenvalue weighted by Gasteiger charge is -2.42. The standard InChI is InChI=1S/C35H38FN5O4/c1-20-30-25-16-22(42)15-21-7-8-27(36)24(29(21)25)5-3-6-28(43)40-34(2)11-4-14-41(18-34)32-26(17-37-30)31(20)38-33(39-32)44-19-35-12-9-23(45-35)10-13-35/h7-8,15-17,23,42H,3-6,9-14,18-19H2,1-2H3,(H,40,43)/t23?,34-,35?/m1/s1. The third-order valence-corrected chi connectivity index (χ3v) is 10.3. The van der Waals surface area contributed by atoms with Crippen molar-refractivity contribution in [1.82, 2.24) is 20.3 Å². The van der Waals surface area contributed by atoms with E-state index in [9.17, 15) is 9.90 Å². The number of phenols is 1. The van der Waals surface area contributed by atoms with Crippen LogP contribution in [0.25, 0.3) is 32.9 Å². The Morgan fingerprint density at radius 2 is 2.00 bits per heavy atom. The van der Waals surface area contributed by atoms with Gasteiger partial charge in [0, 0.05) is 36.8 Å². The van der Waals surface area contributed by atoms with Crippen molar-refractivity contribution in [3.63, 3.8) is 0 Å². The molecule has 0 radical (unpaired) electrons. The highest BCUT2D eigenvalue weighted by molar-refractivity contribution is 6.03. The second-order valence-corrected chi connectivity index (χ2v) is 13.7. The van der Waals surface area contributed by atoms with Gasteiger partial charge in [0.1, 0.15) is 29.6 Å². The van der Waals surface area contributed by atoms with Gasteiger partial charge in [0.25, 0.3) is 0 Å². The third-order valence-electron chi connectivity index (χ3n) is 10.3. The first-order valence-electron chi connectivity index (χ1n) is 16.2. The summed E-state index contributed by atoms with van der Waals surface area (Å²) in [6.45, 7) is 5.78. The number of hydrogen-bond acceptors (Lipinski definition) is 8. The van der Waals surface area contributed by atoms with Crippen molar-refractivity contribution in [3.8, 4) is 23.0 Å². The number of pyridine rings is 1. The first kappa shape index (κ1) is 28.4. The van der Waals surface area contributed by atoms with Gasteiger partial charge in [-0.1, -0.05) is 6.07 Å². The summed E-state index contributed by atoms with van der Waals surface area (Å²) < 4.78 is 28.2. The largest absolute Gasteiger partial charge is 0.508 e. The molecule has 9 rings (SSSR count). The van der Waals surface area contributed by atoms with Crippen molar-refractivity contribution < 1.29 is 23.8 Å². The maximum Gasteiger partial charge on any atom is 0.319 e. The topological polar surface area (TPSA) is 110 Å². The van der Waals surface area contributed by atoms with E-state index in [2.05, 4.69) is 17.1 Å². The van der Waals surface area contributed by atoms with E-state index in [-0.39, 0.29) is 35.5 Å². The SMILES string of the molecule is Cc1c2ncc3c(nc(OCC45CCC(CC4)O5)nc13)N1CCC[C@](C)(C1)NC(=O)CCCc1c(F)ccc3cc(O)cc-2c13. The van der Waals surface area contributed by atoms with Crippen LogP contribution in [0.15, 0.2) is 30.5 Å². The number of aromatic hydroxyl groups is 1. The van der Waals surface area contributed by atoms with E-state index in [0.717, 1.165) is 56.0 Å². The monoisotopic (exact) mass is 611 g/mol. The smallest absolute Gasteiger partial charge is 0.319 e. The molecular weight excluding hydrogens is 573 g/mol. The number of rotatable bonds is 3. The molecule has 5 aliphatic heterocycles. The zero-order valence-electron chi connectivity index (χ0n) is 25.8. The second-order valence-electron chi connectivity index (χ2n) is 13.7. The molecular formula is C35H38FN5O4. The number of phenolic OH excluding ortho intramolecular Hbond substituents is 1. The van der Waals surface area contributed by atoms with Gasteiger partial charge in [-0.3, -0.25) is 9.78 Å². The summed E-state index contributed by atoms with van der Waals surface area (Å²) in [6.07, 6.45) is 9.01. The minimum absolute atomic E-state index is 0.0478. The van der Waals surface area contributed by atoms with Gasteiger partial charge in [0.05, 0.1) is 28.2 Å². The molecule has 1 atom stereocenters. The van der Waals surface area contributed by atoms with Crippen LogP contribution < -0.4 is 15.0 Å². The van der Waals surface area contributed by atoms with Crippen LogP contribution in [-0.2, 0) is 16.0 Å². The van der Waals surface area contributed by atoms with Crippen LogP contribution in [0.2, 0.25) is 0 Å². The summed E-state index contributed by atoms with van der Waals surface area (Å²) in [7, 11) is 0. The second kappa shape index (κ2) is 10.5. The van der Waals surface area contributed by atoms with Gasteiger partial charge in [-0.25, -0.2) is 4.39 Å². The van der Waals surface area contributed by atoms with Gasteiger partial charge in [-0.2, -0.15) is 9.97 Å². The van der Waals surface area contributed by atoms with Crippen molar-refractivity contribution in [2.45, 2.75) is 88.9 Å². The molecule has 4 aromatic rings. The first-order valence-corrected chi connectivity index (χ1v) is 16.2. The highest BCUT2D eigenvalue weighted by Gasteiger charge is 2.47. The molecule has 10 heteroatoms. The Balaban J connectivity index is 1.33. The number of hydrogen-bond donors (Lipinski definition) is 2. The Bertz CT molecular complexity index is 1860. The molecule has 45 heavy (non-hydrogen) atoms. The fourth-order valence-corrected chi connectivity index (χ4v) is 8.12. The Morgan fingerprint density at radius 3 is 2.80 bits per heavy atom. The Morgan fingerprint density at radius 1 is 1.16 bits per heavy atom. The number of benzene rings is 2. The molecule has 234 valence electrons. The molecule has 3 saturated heterocycles. The van der Waals surface area contributed by atoms with Gasteiger partial charge in [-0.05, 0) is 99.7 Å². The Labute approximate surface area is 261 Å². The van der Waals surface area contributed by atoms with Crippen molar-refractivity contribution in [2.24, 2.45) is 0 Å². The van der Waals surface area contributed by atoms with Gasteiger partial charge in [0.15, 0.2) is 0 Å². The van der Waals surface area contributed by atoms with E-state index in [1.807, 2.05) is 6.92 Å². The predicted octanol–water partition coefficient (Wildman–Crippen LogP) is 5.90. The van der Waals surface area contributed by atoms with E-state index in [4.69, 9.17) is 24.4 Å². The zero-order valence-corrected chi connectivity index (χ0v) is 25.8. The summed E-state index contributed by atoms with van der Waals surface area (Å²) in [6, 6.07) is 6.67. The van der Waals surface area contributed by atoms with Crippen LogP contribution in [0.3, 0.4) is 0 Å². The van der Waals surface area contributed by atoms with Crippen molar-refractivity contribution in [1.29, 1.82) is 0 Å². The van der Waals surface area contributed by atoms with Gasteiger partial charge in [-0.15, -0.1) is 0 Å². The number of fused-ring (bicyclic) bond motifs is 7. The normalized spacial score (nSPS) is 26.2. The fourth-order valence-electron chi connectivity index (χ4n) is 8.12. The van der Waals surface area contributed by atoms with Gasteiger partial charge in [0.2, 0.25) is 5.91 Å².